The van der Waals surface area contributed by atoms with E-state index in [9.17, 15) is 0 Å². The molecule has 0 aliphatic heterocycles. The fourth-order valence-electron chi connectivity index (χ4n) is 3.24. The summed E-state index contributed by atoms with van der Waals surface area (Å²) in [5.41, 5.74) is 4.28. The number of hydrogen-bond donors (Lipinski definition) is 0. The first-order chi connectivity index (χ1) is 9.19. The molecular weight excluding hydrogens is 350 g/mol. The van der Waals surface area contributed by atoms with Crippen LogP contribution in [0.3, 0.4) is 0 Å². The van der Waals surface area contributed by atoms with Crippen LogP contribution in [0, 0.1) is 0 Å². The molecule has 0 bridgehead atoms. The van der Waals surface area contributed by atoms with Gasteiger partial charge in [-0.25, -0.2) is 0 Å². The first kappa shape index (κ1) is 15.9. The average Bonchev–Trinajstić information content (AvgIpc) is 2.78. The van der Waals surface area contributed by atoms with E-state index >= 15 is 0 Å². The van der Waals surface area contributed by atoms with E-state index in [-0.39, 0.29) is 28.1 Å². The molecule has 2 aromatic rings. The summed E-state index contributed by atoms with van der Waals surface area (Å²) in [5, 5.41) is 0. The topological polar surface area (TPSA) is 0 Å². The second kappa shape index (κ2) is 6.52. The summed E-state index contributed by atoms with van der Waals surface area (Å²) in [5.74, 6) is 0.571. The van der Waals surface area contributed by atoms with Crippen LogP contribution in [0.5, 0.6) is 0 Å². The van der Waals surface area contributed by atoms with E-state index in [1.165, 1.54) is 16.7 Å². The van der Waals surface area contributed by atoms with E-state index in [1.54, 1.807) is 0 Å². The van der Waals surface area contributed by atoms with Gasteiger partial charge in [-0.2, -0.15) is 0 Å². The average molecular weight is 368 g/mol. The summed E-state index contributed by atoms with van der Waals surface area (Å²) in [7, 11) is 0. The van der Waals surface area contributed by atoms with Crippen molar-refractivity contribution in [3.8, 4) is 0 Å². The number of allylic oxidation sites excluding steroid dienone is 1. The molecule has 2 unspecified atom stereocenters. The maximum absolute atomic E-state index is 2.37. The van der Waals surface area contributed by atoms with Gasteiger partial charge in [0.15, 0.2) is 0 Å². The Balaban J connectivity index is 0.00000147. The molecule has 2 aromatic carbocycles. The SMILES string of the molecule is I.[Li][C]1(CC(C)c2ccccc2)C=Cc2ccccc21. The summed E-state index contributed by atoms with van der Waals surface area (Å²) >= 11 is 2.36. The van der Waals surface area contributed by atoms with Crippen LogP contribution in [-0.4, -0.2) is 17.7 Å². The molecule has 1 aliphatic carbocycles. The maximum atomic E-state index is 2.37. The quantitative estimate of drug-likeness (QED) is 0.535. The van der Waals surface area contributed by atoms with Crippen LogP contribution in [-0.2, 0) is 4.09 Å². The van der Waals surface area contributed by atoms with Gasteiger partial charge in [-0.15, -0.1) is 24.0 Å². The Morgan fingerprint density at radius 1 is 1.00 bits per heavy atom. The molecule has 0 aromatic heterocycles. The summed E-state index contributed by atoms with van der Waals surface area (Å²) < 4.78 is 0.172. The Morgan fingerprint density at radius 2 is 1.65 bits per heavy atom. The summed E-state index contributed by atoms with van der Waals surface area (Å²) in [6.07, 6.45) is 5.80. The number of fused-ring (bicyclic) bond motifs is 1. The minimum absolute atomic E-state index is 0. The van der Waals surface area contributed by atoms with E-state index in [0.29, 0.717) is 5.92 Å². The molecule has 1 aliphatic rings. The standard InChI is InChI=1S/C18H17.HI.Li/c1-14(15-7-3-2-4-8-15)13-17-12-11-16-9-5-6-10-18(16)17;;/h2-12,14H,13H2,1H3;1H;. The molecule has 20 heavy (non-hydrogen) atoms. The monoisotopic (exact) mass is 368 g/mol. The van der Waals surface area contributed by atoms with Crippen LogP contribution >= 0.6 is 24.0 Å². The van der Waals surface area contributed by atoms with Gasteiger partial charge in [-0.1, -0.05) is 0 Å². The Kier molecular flexibility index (Phi) is 5.18. The number of halogens is 1. The second-order valence-corrected chi connectivity index (χ2v) is 5.85. The molecule has 2 atom stereocenters. The Hall–Kier alpha value is -0.493. The van der Waals surface area contributed by atoms with E-state index in [2.05, 4.69) is 91.4 Å². The Bertz CT molecular complexity index is 606. The molecule has 0 saturated heterocycles. The molecular formula is C18H18ILi. The number of benzene rings is 2. The van der Waals surface area contributed by atoms with Crippen LogP contribution in [0.1, 0.15) is 36.0 Å². The zero-order valence-electron chi connectivity index (χ0n) is 12.0. The van der Waals surface area contributed by atoms with Gasteiger partial charge in [0.1, 0.15) is 0 Å². The van der Waals surface area contributed by atoms with Crippen LogP contribution in [0.15, 0.2) is 60.7 Å². The van der Waals surface area contributed by atoms with Crippen molar-refractivity contribution in [2.24, 2.45) is 0 Å². The van der Waals surface area contributed by atoms with Crippen molar-refractivity contribution in [3.63, 3.8) is 0 Å². The molecule has 0 nitrogen and oxygen atoms in total. The van der Waals surface area contributed by atoms with Crippen LogP contribution in [0.2, 0.25) is 0 Å². The third kappa shape index (κ3) is 3.06. The van der Waals surface area contributed by atoms with E-state index in [0.717, 1.165) is 6.42 Å². The van der Waals surface area contributed by atoms with Gasteiger partial charge in [0.05, 0.1) is 0 Å². The zero-order valence-corrected chi connectivity index (χ0v) is 14.4. The van der Waals surface area contributed by atoms with E-state index < -0.39 is 0 Å². The second-order valence-electron chi connectivity index (χ2n) is 5.85. The van der Waals surface area contributed by atoms with Gasteiger partial charge in [-0.05, 0) is 0 Å². The molecule has 0 amide bonds. The molecule has 0 saturated carbocycles. The van der Waals surface area contributed by atoms with Crippen molar-refractivity contribution in [2.45, 2.75) is 23.4 Å². The Morgan fingerprint density at radius 3 is 2.40 bits per heavy atom. The first-order valence-corrected chi connectivity index (χ1v) is 7.03. The molecule has 3 rings (SSSR count). The molecule has 0 fully saturated rings. The van der Waals surface area contributed by atoms with Gasteiger partial charge < -0.3 is 0 Å². The fourth-order valence-corrected chi connectivity index (χ4v) is 3.24. The predicted molar refractivity (Wildman–Crippen MR) is 97.8 cm³/mol. The zero-order chi connectivity index (χ0) is 13.3. The van der Waals surface area contributed by atoms with Gasteiger partial charge in [-0.3, -0.25) is 0 Å². The molecule has 0 heterocycles. The van der Waals surface area contributed by atoms with Crippen LogP contribution in [0.25, 0.3) is 6.08 Å². The van der Waals surface area contributed by atoms with Crippen molar-refractivity contribution in [2.75, 3.05) is 0 Å². The van der Waals surface area contributed by atoms with Gasteiger partial charge in [0, 0.05) is 0 Å². The van der Waals surface area contributed by atoms with Crippen molar-refractivity contribution >= 4 is 47.8 Å². The minimum atomic E-state index is 0. The van der Waals surface area contributed by atoms with Crippen LogP contribution < -0.4 is 0 Å². The molecule has 0 N–H and O–H groups in total. The van der Waals surface area contributed by atoms with Crippen molar-refractivity contribution in [1.82, 2.24) is 0 Å². The fraction of sp³-hybridized carbons (Fsp3) is 0.222. The van der Waals surface area contributed by atoms with Gasteiger partial charge >= 0.3 is 125 Å². The van der Waals surface area contributed by atoms with E-state index in [4.69, 9.17) is 0 Å². The number of hydrogen-bond acceptors (Lipinski definition) is 0. The molecule has 2 heteroatoms. The normalized spacial score (nSPS) is 21.1. The third-order valence-corrected chi connectivity index (χ3v) is 4.31. The number of rotatable bonds is 3. The third-order valence-electron chi connectivity index (χ3n) is 4.31. The molecule has 0 radical (unpaired) electrons. The first-order valence-electron chi connectivity index (χ1n) is 7.03. The van der Waals surface area contributed by atoms with Crippen molar-refractivity contribution in [3.05, 3.63) is 77.4 Å². The molecule has 98 valence electrons. The predicted octanol–water partition coefficient (Wildman–Crippen LogP) is 4.89. The van der Waals surface area contributed by atoms with E-state index in [1.807, 2.05) is 0 Å². The molecule has 0 spiro atoms. The summed E-state index contributed by atoms with van der Waals surface area (Å²) in [6, 6.07) is 19.6. The van der Waals surface area contributed by atoms with Gasteiger partial charge in [0.25, 0.3) is 0 Å². The summed E-state index contributed by atoms with van der Waals surface area (Å²) in [6.45, 7) is 2.33. The van der Waals surface area contributed by atoms with Crippen molar-refractivity contribution in [1.29, 1.82) is 0 Å². The van der Waals surface area contributed by atoms with Gasteiger partial charge in [0.2, 0.25) is 0 Å². The Labute approximate surface area is 147 Å². The van der Waals surface area contributed by atoms with Crippen LogP contribution in [0.4, 0.5) is 0 Å². The summed E-state index contributed by atoms with van der Waals surface area (Å²) in [4.78, 5) is 0. The van der Waals surface area contributed by atoms with Crippen molar-refractivity contribution < 1.29 is 0 Å².